The lowest BCUT2D eigenvalue weighted by molar-refractivity contribution is -0.144. The Morgan fingerprint density at radius 3 is 2.92 bits per heavy atom. The molecule has 2 heterocycles. The van der Waals surface area contributed by atoms with E-state index in [9.17, 15) is 9.90 Å². The largest absolute Gasteiger partial charge is 0.504 e. The molecule has 5 aliphatic rings. The number of carbonyl (C=O) groups is 1. The molecule has 1 saturated heterocycles. The molecule has 0 unspecified atom stereocenters. The summed E-state index contributed by atoms with van der Waals surface area (Å²) in [6.45, 7) is 4.56. The average Bonchev–Trinajstić information content (AvgIpc) is 2.92. The van der Waals surface area contributed by atoms with Crippen LogP contribution in [-0.2, 0) is 16.6 Å². The van der Waals surface area contributed by atoms with E-state index >= 15 is 0 Å². The summed E-state index contributed by atoms with van der Waals surface area (Å²) in [7, 11) is 0. The molecule has 2 bridgehead atoms. The zero-order valence-corrected chi connectivity index (χ0v) is 15.4. The van der Waals surface area contributed by atoms with Gasteiger partial charge in [0, 0.05) is 30.0 Å². The Morgan fingerprint density at radius 1 is 1.31 bits per heavy atom. The third kappa shape index (κ3) is 1.72. The zero-order chi connectivity index (χ0) is 17.6. The number of ether oxygens (including phenoxy) is 1. The second kappa shape index (κ2) is 5.03. The van der Waals surface area contributed by atoms with Gasteiger partial charge in [-0.1, -0.05) is 19.4 Å². The molecule has 138 valence electrons. The number of Topliss-reactive ketones (excluding diaryl/α,β-unsaturated/α-hetero) is 1. The Morgan fingerprint density at radius 2 is 2.15 bits per heavy atom. The molecule has 0 radical (unpaired) electrons. The molecule has 1 aromatic carbocycles. The number of aromatic hydroxyl groups is 1. The molecule has 3 aliphatic carbocycles. The minimum absolute atomic E-state index is 0.197. The third-order valence-electron chi connectivity index (χ3n) is 8.26. The number of hydrogen-bond donors (Lipinski definition) is 1. The van der Waals surface area contributed by atoms with Crippen molar-refractivity contribution < 1.29 is 14.6 Å². The molecule has 6 rings (SSSR count). The Hall–Kier alpha value is -1.55. The molecule has 1 N–H and O–H groups in total. The van der Waals surface area contributed by atoms with Gasteiger partial charge in [0.2, 0.25) is 0 Å². The van der Waals surface area contributed by atoms with E-state index in [0.717, 1.165) is 25.3 Å². The van der Waals surface area contributed by atoms with Gasteiger partial charge in [-0.3, -0.25) is 9.69 Å². The van der Waals surface area contributed by atoms with E-state index in [1.54, 1.807) is 6.07 Å². The van der Waals surface area contributed by atoms with Gasteiger partial charge in [-0.15, -0.1) is 0 Å². The number of carbonyl (C=O) groups excluding carboxylic acids is 1. The van der Waals surface area contributed by atoms with Crippen LogP contribution >= 0.6 is 0 Å². The standard InChI is InChI=1S/C22H27NO3/c1-12-9-17(25)21-22-7-8-23(11-13-3-2-4-13)15(18(12)22)10-14-5-6-16(24)20(26-21)19(14)22/h5-6,12-13,15,18,21,24H,2-4,7-11H2,1H3/t12-,15+,18-,21-,22-/m0/s1. The number of hydrogen-bond acceptors (Lipinski definition) is 4. The molecule has 0 aromatic heterocycles. The minimum atomic E-state index is -0.376. The summed E-state index contributed by atoms with van der Waals surface area (Å²) in [5.74, 6) is 2.79. The van der Waals surface area contributed by atoms with Gasteiger partial charge in [0.05, 0.1) is 0 Å². The molecular formula is C22H27NO3. The van der Waals surface area contributed by atoms with E-state index in [1.165, 1.54) is 36.9 Å². The van der Waals surface area contributed by atoms with Crippen LogP contribution in [0.5, 0.6) is 11.5 Å². The highest BCUT2D eigenvalue weighted by atomic mass is 16.5. The van der Waals surface area contributed by atoms with Crippen molar-refractivity contribution >= 4 is 5.78 Å². The van der Waals surface area contributed by atoms with Crippen molar-refractivity contribution in [3.63, 3.8) is 0 Å². The fourth-order valence-electron chi connectivity index (χ4n) is 7.10. The number of phenolic OH excluding ortho intramolecular Hbond substituents is 1. The van der Waals surface area contributed by atoms with Crippen LogP contribution in [0.25, 0.3) is 0 Å². The lowest BCUT2D eigenvalue weighted by Crippen LogP contribution is -2.68. The number of ketones is 1. The van der Waals surface area contributed by atoms with E-state index in [1.807, 2.05) is 0 Å². The molecule has 4 nitrogen and oxygen atoms in total. The number of nitrogens with zero attached hydrogens (tertiary/aromatic N) is 1. The molecule has 2 saturated carbocycles. The number of phenols is 1. The predicted octanol–water partition coefficient (Wildman–Crippen LogP) is 3.05. The van der Waals surface area contributed by atoms with Crippen LogP contribution < -0.4 is 4.74 Å². The van der Waals surface area contributed by atoms with Gasteiger partial charge in [-0.2, -0.15) is 0 Å². The Labute approximate surface area is 154 Å². The van der Waals surface area contributed by atoms with Crippen LogP contribution in [0.2, 0.25) is 0 Å². The monoisotopic (exact) mass is 353 g/mol. The lowest BCUT2D eigenvalue weighted by atomic mass is 9.49. The first kappa shape index (κ1) is 15.5. The Bertz CT molecular complexity index is 801. The van der Waals surface area contributed by atoms with Gasteiger partial charge in [-0.05, 0) is 61.6 Å². The fourth-order valence-corrected chi connectivity index (χ4v) is 7.10. The molecule has 4 heteroatoms. The van der Waals surface area contributed by atoms with Crippen LogP contribution in [0.15, 0.2) is 12.1 Å². The number of piperidine rings is 1. The van der Waals surface area contributed by atoms with Crippen LogP contribution in [-0.4, -0.2) is 41.0 Å². The highest BCUT2D eigenvalue weighted by Crippen LogP contribution is 2.64. The van der Waals surface area contributed by atoms with Crippen molar-refractivity contribution in [1.29, 1.82) is 0 Å². The SMILES string of the molecule is C[C@H]1CC(=O)[C@@H]2Oc3c(O)ccc4c3[C@@]23CCN(CC2CCC2)[C@H](C4)[C@H]13. The van der Waals surface area contributed by atoms with E-state index in [2.05, 4.69) is 17.9 Å². The maximum atomic E-state index is 12.9. The van der Waals surface area contributed by atoms with Crippen LogP contribution in [0, 0.1) is 17.8 Å². The number of likely N-dealkylation sites (tertiary alicyclic amines) is 1. The Balaban J connectivity index is 1.51. The van der Waals surface area contributed by atoms with Gasteiger partial charge < -0.3 is 9.84 Å². The summed E-state index contributed by atoms with van der Waals surface area (Å²) in [6, 6.07) is 4.37. The maximum Gasteiger partial charge on any atom is 0.174 e. The molecule has 0 amide bonds. The summed E-state index contributed by atoms with van der Waals surface area (Å²) >= 11 is 0. The quantitative estimate of drug-likeness (QED) is 0.888. The lowest BCUT2D eigenvalue weighted by Gasteiger charge is -2.60. The van der Waals surface area contributed by atoms with E-state index in [4.69, 9.17) is 4.74 Å². The van der Waals surface area contributed by atoms with E-state index in [-0.39, 0.29) is 23.1 Å². The van der Waals surface area contributed by atoms with E-state index in [0.29, 0.717) is 30.0 Å². The normalized spacial score (nSPS) is 40.7. The van der Waals surface area contributed by atoms with Crippen LogP contribution in [0.4, 0.5) is 0 Å². The maximum absolute atomic E-state index is 12.9. The Kier molecular flexibility index (Phi) is 3.00. The van der Waals surface area contributed by atoms with Crippen molar-refractivity contribution in [2.75, 3.05) is 13.1 Å². The van der Waals surface area contributed by atoms with Gasteiger partial charge in [0.25, 0.3) is 0 Å². The summed E-state index contributed by atoms with van der Waals surface area (Å²) in [5.41, 5.74) is 2.30. The summed E-state index contributed by atoms with van der Waals surface area (Å²) in [4.78, 5) is 15.7. The molecule has 3 fully saturated rings. The molecule has 26 heavy (non-hydrogen) atoms. The predicted molar refractivity (Wildman–Crippen MR) is 97.5 cm³/mol. The van der Waals surface area contributed by atoms with Gasteiger partial charge >= 0.3 is 0 Å². The van der Waals surface area contributed by atoms with Gasteiger partial charge in [-0.25, -0.2) is 0 Å². The summed E-state index contributed by atoms with van der Waals surface area (Å²) < 4.78 is 6.20. The van der Waals surface area contributed by atoms with Crippen LogP contribution in [0.3, 0.4) is 0 Å². The highest BCUT2D eigenvalue weighted by Gasteiger charge is 2.67. The smallest absolute Gasteiger partial charge is 0.174 e. The van der Waals surface area contributed by atoms with Gasteiger partial charge in [0.15, 0.2) is 23.4 Å². The molecule has 2 aliphatic heterocycles. The minimum Gasteiger partial charge on any atom is -0.504 e. The van der Waals surface area contributed by atoms with Crippen molar-refractivity contribution in [3.05, 3.63) is 23.3 Å². The number of rotatable bonds is 2. The van der Waals surface area contributed by atoms with Crippen molar-refractivity contribution in [2.45, 2.75) is 63.0 Å². The van der Waals surface area contributed by atoms with Crippen molar-refractivity contribution in [2.24, 2.45) is 17.8 Å². The highest BCUT2D eigenvalue weighted by molar-refractivity contribution is 5.89. The van der Waals surface area contributed by atoms with Crippen molar-refractivity contribution in [1.82, 2.24) is 4.90 Å². The van der Waals surface area contributed by atoms with Crippen molar-refractivity contribution in [3.8, 4) is 11.5 Å². The molecule has 1 aromatic rings. The summed E-state index contributed by atoms with van der Waals surface area (Å²) in [6.07, 6.45) is 6.43. The molecule has 1 spiro atoms. The molecule has 5 atom stereocenters. The summed E-state index contributed by atoms with van der Waals surface area (Å²) in [5, 5.41) is 10.4. The third-order valence-corrected chi connectivity index (χ3v) is 8.26. The average molecular weight is 353 g/mol. The van der Waals surface area contributed by atoms with Gasteiger partial charge in [0.1, 0.15) is 0 Å². The second-order valence-electron chi connectivity index (χ2n) is 9.47. The zero-order valence-electron chi connectivity index (χ0n) is 15.4. The topological polar surface area (TPSA) is 49.8 Å². The number of benzene rings is 1. The molecular weight excluding hydrogens is 326 g/mol. The second-order valence-corrected chi connectivity index (χ2v) is 9.47. The first-order valence-corrected chi connectivity index (χ1v) is 10.4. The fraction of sp³-hybridized carbons (Fsp3) is 0.682. The van der Waals surface area contributed by atoms with E-state index < -0.39 is 0 Å². The first-order chi connectivity index (χ1) is 12.6. The first-order valence-electron chi connectivity index (χ1n) is 10.4. The van der Waals surface area contributed by atoms with Crippen LogP contribution in [0.1, 0.15) is 50.2 Å².